The summed E-state index contributed by atoms with van der Waals surface area (Å²) in [7, 11) is 0. The summed E-state index contributed by atoms with van der Waals surface area (Å²) >= 11 is 4.13. The summed E-state index contributed by atoms with van der Waals surface area (Å²) in [5.41, 5.74) is 5.05. The van der Waals surface area contributed by atoms with Crippen LogP contribution in [0.3, 0.4) is 0 Å². The third-order valence-corrected chi connectivity index (χ3v) is 6.25. The highest BCUT2D eigenvalue weighted by Gasteiger charge is 2.02. The van der Waals surface area contributed by atoms with Crippen molar-refractivity contribution in [3.8, 4) is 5.75 Å². The van der Waals surface area contributed by atoms with Crippen molar-refractivity contribution in [2.45, 2.75) is 156 Å². The minimum absolute atomic E-state index is 0.0972. The molecule has 11 nitrogen and oxygen atoms in total. The summed E-state index contributed by atoms with van der Waals surface area (Å²) in [5, 5.41) is 38.9. The van der Waals surface area contributed by atoms with Crippen LogP contribution in [-0.2, 0) is 0 Å². The molecule has 3 aromatic carbocycles. The summed E-state index contributed by atoms with van der Waals surface area (Å²) in [6, 6.07) is 30.7. The van der Waals surface area contributed by atoms with E-state index in [2.05, 4.69) is 154 Å². The van der Waals surface area contributed by atoms with Gasteiger partial charge in [0.1, 0.15) is 11.4 Å². The van der Waals surface area contributed by atoms with Crippen LogP contribution >= 0.6 is 12.6 Å². The number of aromatic nitrogens is 6. The summed E-state index contributed by atoms with van der Waals surface area (Å²) in [5.74, 6) is 3.77. The molecule has 392 valence electrons. The number of nitrogens with zero attached hydrogens (tertiary/aromatic N) is 5. The molecule has 0 unspecified atom stereocenters. The second kappa shape index (κ2) is 48.2. The third kappa shape index (κ3) is 66.4. The van der Waals surface area contributed by atoms with Crippen LogP contribution in [0.1, 0.15) is 173 Å². The number of nitrogens with one attached hydrogen (secondary N) is 1. The number of benzene rings is 3. The Kier molecular flexibility index (Phi) is 50.3. The zero-order chi connectivity index (χ0) is 55.2. The lowest BCUT2D eigenvalue weighted by Crippen LogP contribution is -1.99. The first-order valence-corrected chi connectivity index (χ1v) is 24.4. The SMILES string of the molecule is CC(C)C.CC(C)C.CC(C)C.CC(C)C.CC(C)C.CC(C)c1nn[nH]n1.Cc1ccc(O)cc1.Cc1ccc(S)cc1.Cc1ccnc(C(=O)O)c1.Cc1ccncc1.O=C(O)c1ccccc1. The van der Waals surface area contributed by atoms with E-state index in [1.54, 1.807) is 60.9 Å². The Bertz CT molecular complexity index is 1890. The second-order valence-corrected chi connectivity index (χ2v) is 20.0. The molecule has 0 saturated heterocycles. The quantitative estimate of drug-likeness (QED) is 0.107. The van der Waals surface area contributed by atoms with Gasteiger partial charge in [0.05, 0.1) is 5.56 Å². The average molecular weight is 987 g/mol. The molecule has 3 heterocycles. The molecule has 0 atom stereocenters. The number of aromatic hydroxyl groups is 1. The van der Waals surface area contributed by atoms with Crippen molar-refractivity contribution >= 4 is 24.6 Å². The van der Waals surface area contributed by atoms with Gasteiger partial charge in [-0.15, -0.1) is 22.8 Å². The number of thiol groups is 1. The largest absolute Gasteiger partial charge is 0.508 e. The minimum Gasteiger partial charge on any atom is -0.508 e. The van der Waals surface area contributed by atoms with E-state index in [0.717, 1.165) is 45.9 Å². The van der Waals surface area contributed by atoms with Gasteiger partial charge in [-0.1, -0.05) is 177 Å². The molecule has 6 aromatic rings. The van der Waals surface area contributed by atoms with Gasteiger partial charge in [-0.2, -0.15) is 5.21 Å². The lowest BCUT2D eigenvalue weighted by Gasteiger charge is -1.92. The van der Waals surface area contributed by atoms with Crippen LogP contribution in [0.2, 0.25) is 0 Å². The number of hydrogen-bond acceptors (Lipinski definition) is 9. The van der Waals surface area contributed by atoms with Crippen LogP contribution in [0.4, 0.5) is 0 Å². The first-order valence-electron chi connectivity index (χ1n) is 24.0. The molecule has 4 N–H and O–H groups in total. The fourth-order valence-electron chi connectivity index (χ4n) is 3.16. The molecule has 0 radical (unpaired) electrons. The van der Waals surface area contributed by atoms with Crippen molar-refractivity contribution in [2.75, 3.05) is 0 Å². The molecule has 0 spiro atoms. The van der Waals surface area contributed by atoms with E-state index in [-0.39, 0.29) is 5.69 Å². The molecule has 12 heteroatoms. The Labute approximate surface area is 430 Å². The Morgan fingerprint density at radius 1 is 0.500 bits per heavy atom. The first kappa shape index (κ1) is 73.1. The summed E-state index contributed by atoms with van der Waals surface area (Å²) in [6.45, 7) is 44.5. The maximum atomic E-state index is 10.3. The van der Waals surface area contributed by atoms with Gasteiger partial charge in [-0.05, 0) is 129 Å². The minimum atomic E-state index is -0.983. The van der Waals surface area contributed by atoms with Crippen molar-refractivity contribution < 1.29 is 24.9 Å². The molecule has 3 aromatic heterocycles. The lowest BCUT2D eigenvalue weighted by molar-refractivity contribution is 0.0682. The summed E-state index contributed by atoms with van der Waals surface area (Å²) in [4.78, 5) is 29.0. The van der Waals surface area contributed by atoms with E-state index in [0.29, 0.717) is 17.2 Å². The van der Waals surface area contributed by atoms with Gasteiger partial charge < -0.3 is 15.3 Å². The number of phenols is 1. The maximum Gasteiger partial charge on any atom is 0.354 e. The van der Waals surface area contributed by atoms with Crippen LogP contribution in [0.15, 0.2) is 127 Å². The number of pyridine rings is 2. The maximum absolute atomic E-state index is 10.3. The molecule has 0 amide bonds. The standard InChI is InChI=1S/C7H7NO2.C7H6O2.C7H8O.C7H8S.C6H7N.C4H8N4.5C4H10/c1-5-2-3-8-6(4-5)7(9)10;8-7(9)6-4-2-1-3-5-6;2*1-6-2-4-7(8)5-3-6;1-6-2-4-7-5-3-6;1-3(2)4-5-7-8-6-4;5*1-4(2)3/h2-4H,1H3,(H,9,10);1-5H,(H,8,9);2*2-5,8H,1H3;2-5H,1H3;3H,1-2H3,(H,5,6,7,8);5*4H,1-3H3. The summed E-state index contributed by atoms with van der Waals surface area (Å²) in [6.07, 6.45) is 5.06. The van der Waals surface area contributed by atoms with Gasteiger partial charge in [0, 0.05) is 29.4 Å². The Balaban J connectivity index is -0.000000225. The number of carboxylic acid groups (broad SMARTS) is 2. The van der Waals surface area contributed by atoms with Gasteiger partial charge >= 0.3 is 11.9 Å². The highest BCUT2D eigenvalue weighted by Crippen LogP contribution is 2.08. The fourth-order valence-corrected chi connectivity index (χ4v) is 3.31. The molecule has 0 saturated carbocycles. The van der Waals surface area contributed by atoms with E-state index in [4.69, 9.17) is 15.3 Å². The molecule has 0 aliphatic heterocycles. The predicted molar refractivity (Wildman–Crippen MR) is 300 cm³/mol. The number of aromatic carboxylic acids is 2. The number of hydrogen-bond donors (Lipinski definition) is 5. The molecule has 0 fully saturated rings. The molecular formula is C58H94N6O5S. The van der Waals surface area contributed by atoms with Gasteiger partial charge in [-0.25, -0.2) is 14.6 Å². The molecule has 6 rings (SSSR count). The molecule has 0 aliphatic carbocycles. The van der Waals surface area contributed by atoms with Gasteiger partial charge in [-0.3, -0.25) is 4.98 Å². The Morgan fingerprint density at radius 3 is 1.10 bits per heavy atom. The van der Waals surface area contributed by atoms with Crippen LogP contribution < -0.4 is 0 Å². The predicted octanol–water partition coefficient (Wildman–Crippen LogP) is 16.5. The van der Waals surface area contributed by atoms with Crippen LogP contribution in [-0.4, -0.2) is 57.9 Å². The second-order valence-electron chi connectivity index (χ2n) is 19.5. The monoisotopic (exact) mass is 987 g/mol. The van der Waals surface area contributed by atoms with Crippen LogP contribution in [0.5, 0.6) is 5.75 Å². The number of carbonyl (C=O) groups is 2. The fraction of sp³-hybridized carbons (Fsp3) is 0.466. The average Bonchev–Trinajstić information content (AvgIpc) is 3.80. The van der Waals surface area contributed by atoms with Gasteiger partial charge in [0.15, 0.2) is 5.82 Å². The van der Waals surface area contributed by atoms with E-state index >= 15 is 0 Å². The van der Waals surface area contributed by atoms with E-state index in [1.165, 1.54) is 29.0 Å². The van der Waals surface area contributed by atoms with Crippen molar-refractivity contribution in [2.24, 2.45) is 29.6 Å². The van der Waals surface area contributed by atoms with Crippen molar-refractivity contribution in [1.82, 2.24) is 30.6 Å². The molecule has 0 bridgehead atoms. The number of H-pyrrole nitrogens is 1. The third-order valence-electron chi connectivity index (χ3n) is 5.95. The summed E-state index contributed by atoms with van der Waals surface area (Å²) < 4.78 is 0. The molecule has 0 aliphatic rings. The number of aromatic amines is 1. The van der Waals surface area contributed by atoms with Crippen molar-refractivity contribution in [1.29, 1.82) is 0 Å². The zero-order valence-corrected chi connectivity index (χ0v) is 47.7. The van der Waals surface area contributed by atoms with Crippen LogP contribution in [0.25, 0.3) is 0 Å². The normalized spacial score (nSPS) is 9.20. The highest BCUT2D eigenvalue weighted by molar-refractivity contribution is 7.80. The van der Waals surface area contributed by atoms with E-state index in [9.17, 15) is 9.59 Å². The number of aryl methyl sites for hydroxylation is 4. The highest BCUT2D eigenvalue weighted by atomic mass is 32.1. The number of tetrazole rings is 1. The zero-order valence-electron chi connectivity index (χ0n) is 46.9. The van der Waals surface area contributed by atoms with Crippen molar-refractivity contribution in [3.63, 3.8) is 0 Å². The van der Waals surface area contributed by atoms with Gasteiger partial charge in [0.2, 0.25) is 0 Å². The van der Waals surface area contributed by atoms with Crippen molar-refractivity contribution in [3.05, 3.63) is 161 Å². The lowest BCUT2D eigenvalue weighted by atomic mass is 10.2. The van der Waals surface area contributed by atoms with Crippen LogP contribution in [0, 0.1) is 57.3 Å². The Morgan fingerprint density at radius 2 is 0.871 bits per heavy atom. The molecular weight excluding hydrogens is 893 g/mol. The van der Waals surface area contributed by atoms with Gasteiger partial charge in [0.25, 0.3) is 0 Å². The Hall–Kier alpha value is -5.88. The number of rotatable bonds is 3. The smallest absolute Gasteiger partial charge is 0.354 e. The number of phenolic OH excluding ortho intramolecular Hbond substituents is 1. The molecule has 70 heavy (non-hydrogen) atoms. The van der Waals surface area contributed by atoms with E-state index < -0.39 is 11.9 Å². The number of carboxylic acids is 2. The van der Waals surface area contributed by atoms with E-state index in [1.807, 2.05) is 83.1 Å². The topological polar surface area (TPSA) is 175 Å². The first-order chi connectivity index (χ1) is 32.4.